The zero-order valence-electron chi connectivity index (χ0n) is 10.9. The maximum Gasteiger partial charge on any atom is 0.227 e. The Morgan fingerprint density at radius 1 is 1.53 bits per heavy atom. The fraction of sp³-hybridized carbons (Fsp3) is 0.429. The van der Waals surface area contributed by atoms with Crippen LogP contribution in [0.25, 0.3) is 0 Å². The smallest absolute Gasteiger partial charge is 0.227 e. The molecule has 0 unspecified atom stereocenters. The van der Waals surface area contributed by atoms with Crippen molar-refractivity contribution in [2.45, 2.75) is 32.6 Å². The van der Waals surface area contributed by atoms with Crippen molar-refractivity contribution in [2.24, 2.45) is 5.16 Å². The third kappa shape index (κ3) is 2.89. The van der Waals surface area contributed by atoms with Crippen LogP contribution in [-0.2, 0) is 4.79 Å². The van der Waals surface area contributed by atoms with Crippen molar-refractivity contribution in [2.75, 3.05) is 11.4 Å². The number of fused-ring (bicyclic) bond motifs is 1. The highest BCUT2D eigenvalue weighted by Crippen LogP contribution is 2.30. The van der Waals surface area contributed by atoms with Crippen LogP contribution >= 0.6 is 11.6 Å². The quantitative estimate of drug-likeness (QED) is 0.681. The van der Waals surface area contributed by atoms with Gasteiger partial charge in [-0.05, 0) is 24.6 Å². The van der Waals surface area contributed by atoms with Gasteiger partial charge >= 0.3 is 0 Å². The number of halogens is 1. The molecule has 1 heterocycles. The van der Waals surface area contributed by atoms with Gasteiger partial charge in [0.15, 0.2) is 0 Å². The normalized spacial score (nSPS) is 16.5. The molecule has 0 spiro atoms. The van der Waals surface area contributed by atoms with Crippen LogP contribution in [0.15, 0.2) is 23.4 Å². The molecule has 1 aromatic rings. The molecule has 19 heavy (non-hydrogen) atoms. The Hall–Kier alpha value is -1.55. The number of rotatable bonds is 3. The van der Waals surface area contributed by atoms with E-state index in [0.29, 0.717) is 30.1 Å². The van der Waals surface area contributed by atoms with E-state index in [1.807, 2.05) is 6.07 Å². The second-order valence-electron chi connectivity index (χ2n) is 4.61. The maximum atomic E-state index is 12.2. The number of carbonyl (C=O) groups excluding carboxylic acids is 1. The zero-order chi connectivity index (χ0) is 13.8. The predicted molar refractivity (Wildman–Crippen MR) is 76.3 cm³/mol. The van der Waals surface area contributed by atoms with Crippen molar-refractivity contribution in [1.29, 1.82) is 0 Å². The molecule has 1 aliphatic heterocycles. The summed E-state index contributed by atoms with van der Waals surface area (Å²) in [6, 6.07) is 5.30. The number of nitrogens with zero attached hydrogens (tertiary/aromatic N) is 2. The third-order valence-corrected chi connectivity index (χ3v) is 3.53. The van der Waals surface area contributed by atoms with Gasteiger partial charge in [0, 0.05) is 30.0 Å². The lowest BCUT2D eigenvalue weighted by Gasteiger charge is -2.30. The standard InChI is InChI=1S/C14H17ClN2O2/c1-2-3-4-14(18)17-8-7-12(16-19)11-9-10(15)5-6-13(11)17/h5-6,9,19H,2-4,7-8H2,1H3. The molecule has 0 aliphatic carbocycles. The molecule has 1 aromatic carbocycles. The summed E-state index contributed by atoms with van der Waals surface area (Å²) in [7, 11) is 0. The Labute approximate surface area is 117 Å². The van der Waals surface area contributed by atoms with Crippen molar-refractivity contribution >= 4 is 28.9 Å². The average Bonchev–Trinajstić information content (AvgIpc) is 2.43. The molecule has 0 radical (unpaired) electrons. The molecule has 0 aromatic heterocycles. The second kappa shape index (κ2) is 6.06. The first-order chi connectivity index (χ1) is 9.17. The lowest BCUT2D eigenvalue weighted by Crippen LogP contribution is -2.37. The first-order valence-electron chi connectivity index (χ1n) is 6.48. The van der Waals surface area contributed by atoms with Gasteiger partial charge in [-0.1, -0.05) is 30.1 Å². The van der Waals surface area contributed by atoms with Crippen LogP contribution in [0.4, 0.5) is 5.69 Å². The van der Waals surface area contributed by atoms with Crippen LogP contribution in [0, 0.1) is 0 Å². The van der Waals surface area contributed by atoms with E-state index in [0.717, 1.165) is 24.1 Å². The van der Waals surface area contributed by atoms with Gasteiger partial charge in [0.1, 0.15) is 0 Å². The molecular formula is C14H17ClN2O2. The molecule has 0 bridgehead atoms. The zero-order valence-corrected chi connectivity index (χ0v) is 11.7. The summed E-state index contributed by atoms with van der Waals surface area (Å²) in [5.74, 6) is 0.113. The fourth-order valence-corrected chi connectivity index (χ4v) is 2.45. The van der Waals surface area contributed by atoms with Gasteiger partial charge in [0.25, 0.3) is 0 Å². The van der Waals surface area contributed by atoms with Crippen molar-refractivity contribution in [1.82, 2.24) is 0 Å². The first kappa shape index (κ1) is 13.9. The van der Waals surface area contributed by atoms with Crippen LogP contribution in [0.5, 0.6) is 0 Å². The second-order valence-corrected chi connectivity index (χ2v) is 5.04. The minimum Gasteiger partial charge on any atom is -0.411 e. The Morgan fingerprint density at radius 3 is 3.00 bits per heavy atom. The van der Waals surface area contributed by atoms with E-state index in [1.54, 1.807) is 17.0 Å². The van der Waals surface area contributed by atoms with E-state index < -0.39 is 0 Å². The van der Waals surface area contributed by atoms with E-state index in [1.165, 1.54) is 0 Å². The van der Waals surface area contributed by atoms with Gasteiger partial charge in [0.05, 0.1) is 11.4 Å². The van der Waals surface area contributed by atoms with Crippen molar-refractivity contribution in [3.05, 3.63) is 28.8 Å². The number of carbonyl (C=O) groups is 1. The largest absolute Gasteiger partial charge is 0.411 e. The summed E-state index contributed by atoms with van der Waals surface area (Å²) in [4.78, 5) is 14.0. The SMILES string of the molecule is CCCCC(=O)N1CCC(=NO)c2cc(Cl)ccc21. The Bertz CT molecular complexity index is 514. The fourth-order valence-electron chi connectivity index (χ4n) is 2.27. The highest BCUT2D eigenvalue weighted by Gasteiger charge is 2.26. The number of unbranched alkanes of at least 4 members (excludes halogenated alkanes) is 1. The lowest BCUT2D eigenvalue weighted by atomic mass is 9.99. The lowest BCUT2D eigenvalue weighted by molar-refractivity contribution is -0.118. The number of oxime groups is 1. The minimum atomic E-state index is 0.113. The molecule has 0 saturated heterocycles. The topological polar surface area (TPSA) is 52.9 Å². The van der Waals surface area contributed by atoms with Gasteiger partial charge in [-0.2, -0.15) is 0 Å². The molecule has 1 aliphatic rings. The molecule has 2 rings (SSSR count). The maximum absolute atomic E-state index is 12.2. The van der Waals surface area contributed by atoms with Crippen LogP contribution in [0.2, 0.25) is 5.02 Å². The molecule has 1 amide bonds. The van der Waals surface area contributed by atoms with Crippen LogP contribution in [0.3, 0.4) is 0 Å². The van der Waals surface area contributed by atoms with E-state index in [4.69, 9.17) is 16.8 Å². The number of amides is 1. The molecule has 4 nitrogen and oxygen atoms in total. The van der Waals surface area contributed by atoms with Gasteiger partial charge in [-0.15, -0.1) is 0 Å². The average molecular weight is 281 g/mol. The van der Waals surface area contributed by atoms with E-state index >= 15 is 0 Å². The number of anilines is 1. The van der Waals surface area contributed by atoms with E-state index in [2.05, 4.69) is 12.1 Å². The Balaban J connectivity index is 2.33. The molecule has 0 atom stereocenters. The third-order valence-electron chi connectivity index (χ3n) is 3.30. The van der Waals surface area contributed by atoms with Crippen LogP contribution < -0.4 is 4.90 Å². The molecule has 102 valence electrons. The monoisotopic (exact) mass is 280 g/mol. The molecular weight excluding hydrogens is 264 g/mol. The molecule has 5 heteroatoms. The van der Waals surface area contributed by atoms with Crippen molar-refractivity contribution < 1.29 is 10.0 Å². The van der Waals surface area contributed by atoms with Crippen molar-refractivity contribution in [3.8, 4) is 0 Å². The minimum absolute atomic E-state index is 0.113. The van der Waals surface area contributed by atoms with E-state index in [-0.39, 0.29) is 5.91 Å². The number of benzene rings is 1. The molecule has 0 fully saturated rings. The highest BCUT2D eigenvalue weighted by atomic mass is 35.5. The first-order valence-corrected chi connectivity index (χ1v) is 6.86. The van der Waals surface area contributed by atoms with Crippen LogP contribution in [0.1, 0.15) is 38.2 Å². The van der Waals surface area contributed by atoms with Gasteiger partial charge in [0.2, 0.25) is 5.91 Å². The summed E-state index contributed by atoms with van der Waals surface area (Å²) in [5, 5.41) is 12.9. The Kier molecular flexibility index (Phi) is 4.43. The van der Waals surface area contributed by atoms with Crippen molar-refractivity contribution in [3.63, 3.8) is 0 Å². The molecule has 1 N–H and O–H groups in total. The number of hydrogen-bond donors (Lipinski definition) is 1. The van der Waals surface area contributed by atoms with Gasteiger partial charge in [-0.25, -0.2) is 0 Å². The number of hydrogen-bond acceptors (Lipinski definition) is 3. The van der Waals surface area contributed by atoms with Crippen LogP contribution in [-0.4, -0.2) is 23.4 Å². The highest BCUT2D eigenvalue weighted by molar-refractivity contribution is 6.31. The van der Waals surface area contributed by atoms with Gasteiger partial charge in [-0.3, -0.25) is 4.79 Å². The summed E-state index contributed by atoms with van der Waals surface area (Å²) in [6.07, 6.45) is 2.97. The summed E-state index contributed by atoms with van der Waals surface area (Å²) >= 11 is 5.97. The van der Waals surface area contributed by atoms with Gasteiger partial charge < -0.3 is 10.1 Å². The Morgan fingerprint density at radius 2 is 2.32 bits per heavy atom. The van der Waals surface area contributed by atoms with E-state index in [9.17, 15) is 4.79 Å². The summed E-state index contributed by atoms with van der Waals surface area (Å²) < 4.78 is 0. The summed E-state index contributed by atoms with van der Waals surface area (Å²) in [6.45, 7) is 2.62. The predicted octanol–water partition coefficient (Wildman–Crippen LogP) is 3.45. The molecule has 0 saturated carbocycles. The summed E-state index contributed by atoms with van der Waals surface area (Å²) in [5.41, 5.74) is 2.10.